The molecule has 1 amide bonds. The highest BCUT2D eigenvalue weighted by molar-refractivity contribution is 5.79. The van der Waals surface area contributed by atoms with Gasteiger partial charge in [-0.15, -0.1) is 10.2 Å². The molecule has 23 heavy (non-hydrogen) atoms. The van der Waals surface area contributed by atoms with Crippen LogP contribution in [-0.4, -0.2) is 32.2 Å². The van der Waals surface area contributed by atoms with Gasteiger partial charge in [-0.1, -0.05) is 24.3 Å². The van der Waals surface area contributed by atoms with Gasteiger partial charge in [0.05, 0.1) is 5.69 Å². The van der Waals surface area contributed by atoms with Crippen molar-refractivity contribution in [3.8, 4) is 17.1 Å². The highest BCUT2D eigenvalue weighted by Gasteiger charge is 2.22. The van der Waals surface area contributed by atoms with E-state index in [9.17, 15) is 4.79 Å². The largest absolute Gasteiger partial charge is 0.355 e. The van der Waals surface area contributed by atoms with Crippen molar-refractivity contribution in [1.82, 2.24) is 25.1 Å². The number of hydrogen-bond acceptors (Lipinski definition) is 4. The fourth-order valence-corrected chi connectivity index (χ4v) is 2.78. The molecule has 0 spiro atoms. The SMILES string of the molecule is O=C1CC(c2ccc(-c3ccc(-n4ccnc4)nn3)cc2)CN1. The smallest absolute Gasteiger partial charge is 0.220 e. The number of imidazole rings is 1. The molecular formula is C17H15N5O. The monoisotopic (exact) mass is 305 g/mol. The Kier molecular flexibility index (Phi) is 3.34. The average molecular weight is 305 g/mol. The first kappa shape index (κ1) is 13.6. The van der Waals surface area contributed by atoms with Crippen molar-refractivity contribution in [3.63, 3.8) is 0 Å². The van der Waals surface area contributed by atoms with E-state index in [2.05, 4.69) is 32.6 Å². The zero-order chi connectivity index (χ0) is 15.6. The summed E-state index contributed by atoms with van der Waals surface area (Å²) in [4.78, 5) is 15.3. The van der Waals surface area contributed by atoms with Crippen molar-refractivity contribution < 1.29 is 4.79 Å². The van der Waals surface area contributed by atoms with Gasteiger partial charge >= 0.3 is 0 Å². The lowest BCUT2D eigenvalue weighted by Crippen LogP contribution is -2.13. The van der Waals surface area contributed by atoms with Crippen molar-refractivity contribution in [2.75, 3.05) is 6.54 Å². The maximum Gasteiger partial charge on any atom is 0.220 e. The van der Waals surface area contributed by atoms with Gasteiger partial charge in [0.1, 0.15) is 6.33 Å². The standard InChI is InChI=1S/C17H15N5O/c23-17-9-14(10-19-17)12-1-3-13(4-2-12)15-5-6-16(21-20-15)22-8-7-18-11-22/h1-8,11,14H,9-10H2,(H,19,23). The van der Waals surface area contributed by atoms with Gasteiger partial charge in [0.25, 0.3) is 0 Å². The molecule has 114 valence electrons. The number of aromatic nitrogens is 4. The van der Waals surface area contributed by atoms with Crippen LogP contribution in [0.25, 0.3) is 17.1 Å². The molecule has 2 aromatic heterocycles. The summed E-state index contributed by atoms with van der Waals surface area (Å²) in [7, 11) is 0. The van der Waals surface area contributed by atoms with Crippen LogP contribution in [0.4, 0.5) is 0 Å². The number of carbonyl (C=O) groups excluding carboxylic acids is 1. The summed E-state index contributed by atoms with van der Waals surface area (Å²) in [6.07, 6.45) is 5.79. The summed E-state index contributed by atoms with van der Waals surface area (Å²) in [5.74, 6) is 1.13. The molecule has 0 bridgehead atoms. The molecule has 3 heterocycles. The predicted molar refractivity (Wildman–Crippen MR) is 85.0 cm³/mol. The molecule has 6 nitrogen and oxygen atoms in total. The van der Waals surface area contributed by atoms with Crippen molar-refractivity contribution in [1.29, 1.82) is 0 Å². The highest BCUT2D eigenvalue weighted by Crippen LogP contribution is 2.25. The van der Waals surface area contributed by atoms with Gasteiger partial charge in [0, 0.05) is 36.8 Å². The number of nitrogens with zero attached hydrogens (tertiary/aromatic N) is 4. The van der Waals surface area contributed by atoms with E-state index in [4.69, 9.17) is 0 Å². The van der Waals surface area contributed by atoms with E-state index in [1.54, 1.807) is 12.5 Å². The third kappa shape index (κ3) is 2.70. The normalized spacial score (nSPS) is 17.2. The van der Waals surface area contributed by atoms with Crippen LogP contribution in [-0.2, 0) is 4.79 Å². The van der Waals surface area contributed by atoms with Crippen LogP contribution >= 0.6 is 0 Å². The van der Waals surface area contributed by atoms with Gasteiger partial charge in [-0.05, 0) is 17.7 Å². The van der Waals surface area contributed by atoms with Gasteiger partial charge in [-0.2, -0.15) is 0 Å². The Hall–Kier alpha value is -3.02. The highest BCUT2D eigenvalue weighted by atomic mass is 16.1. The van der Waals surface area contributed by atoms with Crippen molar-refractivity contribution in [2.45, 2.75) is 12.3 Å². The molecule has 0 saturated carbocycles. The number of benzene rings is 1. The maximum absolute atomic E-state index is 11.3. The van der Waals surface area contributed by atoms with E-state index < -0.39 is 0 Å². The van der Waals surface area contributed by atoms with Gasteiger partial charge in [0.15, 0.2) is 5.82 Å². The van der Waals surface area contributed by atoms with Crippen LogP contribution in [0.15, 0.2) is 55.1 Å². The van der Waals surface area contributed by atoms with Crippen LogP contribution < -0.4 is 5.32 Å². The number of nitrogens with one attached hydrogen (secondary N) is 1. The third-order valence-corrected chi connectivity index (χ3v) is 4.07. The molecule has 1 fully saturated rings. The van der Waals surface area contributed by atoms with Gasteiger partial charge in [-0.25, -0.2) is 4.98 Å². The van der Waals surface area contributed by atoms with E-state index in [-0.39, 0.29) is 11.8 Å². The molecule has 0 radical (unpaired) electrons. The molecule has 6 heteroatoms. The van der Waals surface area contributed by atoms with Gasteiger partial charge in [0.2, 0.25) is 5.91 Å². The van der Waals surface area contributed by atoms with Crippen LogP contribution in [0.1, 0.15) is 17.9 Å². The number of amides is 1. The first-order chi connectivity index (χ1) is 11.3. The predicted octanol–water partition coefficient (Wildman–Crippen LogP) is 1.93. The number of rotatable bonds is 3. The summed E-state index contributed by atoms with van der Waals surface area (Å²) in [6, 6.07) is 12.0. The lowest BCUT2D eigenvalue weighted by atomic mass is 9.96. The van der Waals surface area contributed by atoms with Crippen LogP contribution in [0, 0.1) is 0 Å². The minimum atomic E-state index is 0.125. The fraction of sp³-hybridized carbons (Fsp3) is 0.176. The second-order valence-corrected chi connectivity index (χ2v) is 5.57. The minimum absolute atomic E-state index is 0.125. The van der Waals surface area contributed by atoms with E-state index in [1.165, 1.54) is 5.56 Å². The summed E-state index contributed by atoms with van der Waals surface area (Å²) in [5.41, 5.74) is 3.01. The third-order valence-electron chi connectivity index (χ3n) is 4.07. The van der Waals surface area contributed by atoms with Gasteiger partial charge < -0.3 is 5.32 Å². The van der Waals surface area contributed by atoms with E-state index >= 15 is 0 Å². The second-order valence-electron chi connectivity index (χ2n) is 5.57. The maximum atomic E-state index is 11.3. The lowest BCUT2D eigenvalue weighted by molar-refractivity contribution is -0.119. The molecule has 0 aliphatic carbocycles. The molecular weight excluding hydrogens is 290 g/mol. The van der Waals surface area contributed by atoms with Crippen molar-refractivity contribution in [3.05, 3.63) is 60.7 Å². The Balaban J connectivity index is 1.55. The number of carbonyl (C=O) groups is 1. The topological polar surface area (TPSA) is 72.7 Å². The van der Waals surface area contributed by atoms with Crippen LogP contribution in [0.3, 0.4) is 0 Å². The molecule has 1 N–H and O–H groups in total. The van der Waals surface area contributed by atoms with Gasteiger partial charge in [-0.3, -0.25) is 9.36 Å². The zero-order valence-electron chi connectivity index (χ0n) is 12.4. The molecule has 4 rings (SSSR count). The lowest BCUT2D eigenvalue weighted by Gasteiger charge is -2.08. The summed E-state index contributed by atoms with van der Waals surface area (Å²) in [6.45, 7) is 0.720. The quantitative estimate of drug-likeness (QED) is 0.802. The minimum Gasteiger partial charge on any atom is -0.355 e. The summed E-state index contributed by atoms with van der Waals surface area (Å²) < 4.78 is 1.81. The first-order valence-corrected chi connectivity index (χ1v) is 7.49. The molecule has 1 unspecified atom stereocenters. The van der Waals surface area contributed by atoms with Crippen molar-refractivity contribution >= 4 is 5.91 Å². The molecule has 1 aliphatic rings. The average Bonchev–Trinajstić information content (AvgIpc) is 3.27. The van der Waals surface area contributed by atoms with Crippen LogP contribution in [0.5, 0.6) is 0 Å². The molecule has 1 saturated heterocycles. The molecule has 3 aromatic rings. The Morgan fingerprint density at radius 2 is 1.96 bits per heavy atom. The zero-order valence-corrected chi connectivity index (χ0v) is 12.4. The van der Waals surface area contributed by atoms with Crippen LogP contribution in [0.2, 0.25) is 0 Å². The van der Waals surface area contributed by atoms with E-state index in [1.807, 2.05) is 35.0 Å². The Labute approximate surface area is 133 Å². The summed E-state index contributed by atoms with van der Waals surface area (Å²) >= 11 is 0. The van der Waals surface area contributed by atoms with E-state index in [0.717, 1.165) is 23.6 Å². The fourth-order valence-electron chi connectivity index (χ4n) is 2.78. The molecule has 1 atom stereocenters. The second kappa shape index (κ2) is 5.64. The molecule has 1 aromatic carbocycles. The van der Waals surface area contributed by atoms with Crippen molar-refractivity contribution in [2.24, 2.45) is 0 Å². The number of hydrogen-bond donors (Lipinski definition) is 1. The van der Waals surface area contributed by atoms with E-state index in [0.29, 0.717) is 6.42 Å². The Bertz CT molecular complexity index is 809. The summed E-state index contributed by atoms with van der Waals surface area (Å²) in [5, 5.41) is 11.4. The first-order valence-electron chi connectivity index (χ1n) is 7.49. The Morgan fingerprint density at radius 1 is 1.09 bits per heavy atom. The molecule has 1 aliphatic heterocycles. The Morgan fingerprint density at radius 3 is 2.57 bits per heavy atom.